The predicted octanol–water partition coefficient (Wildman–Crippen LogP) is 2.84. The molecule has 0 fully saturated rings. The van der Waals surface area contributed by atoms with Gasteiger partial charge in [0.2, 0.25) is 5.91 Å². The van der Waals surface area contributed by atoms with Crippen LogP contribution < -0.4 is 11.1 Å². The molecule has 0 unspecified atom stereocenters. The summed E-state index contributed by atoms with van der Waals surface area (Å²) in [6.45, 7) is 8.13. The summed E-state index contributed by atoms with van der Waals surface area (Å²) in [7, 11) is 0. The van der Waals surface area contributed by atoms with E-state index in [0.29, 0.717) is 11.4 Å². The van der Waals surface area contributed by atoms with Gasteiger partial charge >= 0.3 is 0 Å². The lowest BCUT2D eigenvalue weighted by Gasteiger charge is -2.24. The highest BCUT2D eigenvalue weighted by molar-refractivity contribution is 5.95. The average molecular weight is 250 g/mol. The molecule has 0 saturated heterocycles. The van der Waals surface area contributed by atoms with Crippen molar-refractivity contribution < 1.29 is 9.90 Å². The standard InChI is InChI=1S/C14H22N2O2/c1-8(2)13(9(3)4)14(18)16-12-6-5-10(17)7-11(12)15/h5-9,13,17H,15H2,1-4H3,(H,16,18). The van der Waals surface area contributed by atoms with Gasteiger partial charge in [0.05, 0.1) is 11.4 Å². The first-order chi connectivity index (χ1) is 8.32. The number of carbonyl (C=O) groups excluding carboxylic acids is 1. The highest BCUT2D eigenvalue weighted by Gasteiger charge is 2.25. The van der Waals surface area contributed by atoms with Gasteiger partial charge in [0.1, 0.15) is 5.75 Å². The van der Waals surface area contributed by atoms with Crippen molar-refractivity contribution in [2.45, 2.75) is 27.7 Å². The molecular weight excluding hydrogens is 228 g/mol. The summed E-state index contributed by atoms with van der Waals surface area (Å²) in [4.78, 5) is 12.2. The molecule has 0 atom stereocenters. The van der Waals surface area contributed by atoms with Crippen LogP contribution in [0.1, 0.15) is 27.7 Å². The van der Waals surface area contributed by atoms with Crippen LogP contribution in [0, 0.1) is 17.8 Å². The van der Waals surface area contributed by atoms with Crippen molar-refractivity contribution in [1.82, 2.24) is 0 Å². The summed E-state index contributed by atoms with van der Waals surface area (Å²) in [5.41, 5.74) is 6.66. The Morgan fingerprint density at radius 1 is 1.22 bits per heavy atom. The monoisotopic (exact) mass is 250 g/mol. The van der Waals surface area contributed by atoms with Crippen LogP contribution in [-0.4, -0.2) is 11.0 Å². The van der Waals surface area contributed by atoms with Crippen LogP contribution >= 0.6 is 0 Å². The van der Waals surface area contributed by atoms with E-state index in [1.165, 1.54) is 12.1 Å². The molecule has 1 rings (SSSR count). The summed E-state index contributed by atoms with van der Waals surface area (Å²) < 4.78 is 0. The molecule has 18 heavy (non-hydrogen) atoms. The van der Waals surface area contributed by atoms with Crippen molar-refractivity contribution in [3.63, 3.8) is 0 Å². The number of nitrogen functional groups attached to an aromatic ring is 1. The maximum atomic E-state index is 12.2. The third kappa shape index (κ3) is 3.39. The Morgan fingerprint density at radius 3 is 2.22 bits per heavy atom. The first-order valence-corrected chi connectivity index (χ1v) is 6.22. The number of phenolic OH excluding ortho intramolecular Hbond substituents is 1. The minimum atomic E-state index is -0.0572. The average Bonchev–Trinajstić information content (AvgIpc) is 2.21. The zero-order chi connectivity index (χ0) is 13.9. The van der Waals surface area contributed by atoms with Gasteiger partial charge in [-0.05, 0) is 24.0 Å². The molecule has 0 aliphatic heterocycles. The topological polar surface area (TPSA) is 75.3 Å². The number of hydrogen-bond acceptors (Lipinski definition) is 3. The van der Waals surface area contributed by atoms with E-state index in [-0.39, 0.29) is 29.4 Å². The zero-order valence-electron chi connectivity index (χ0n) is 11.4. The quantitative estimate of drug-likeness (QED) is 0.568. The smallest absolute Gasteiger partial charge is 0.228 e. The number of anilines is 2. The minimum Gasteiger partial charge on any atom is -0.508 e. The van der Waals surface area contributed by atoms with E-state index in [0.717, 1.165) is 0 Å². The summed E-state index contributed by atoms with van der Waals surface area (Å²) in [5, 5.41) is 12.1. The normalized spacial score (nSPS) is 11.3. The van der Waals surface area contributed by atoms with Gasteiger partial charge in [-0.1, -0.05) is 27.7 Å². The fraction of sp³-hybridized carbons (Fsp3) is 0.500. The van der Waals surface area contributed by atoms with Gasteiger partial charge in [0.25, 0.3) is 0 Å². The Balaban J connectivity index is 2.86. The molecule has 100 valence electrons. The van der Waals surface area contributed by atoms with E-state index >= 15 is 0 Å². The number of nitrogens with two attached hydrogens (primary N) is 1. The third-order valence-corrected chi connectivity index (χ3v) is 3.03. The first kappa shape index (κ1) is 14.4. The van der Waals surface area contributed by atoms with E-state index < -0.39 is 0 Å². The first-order valence-electron chi connectivity index (χ1n) is 6.22. The summed E-state index contributed by atoms with van der Waals surface area (Å²) in [6, 6.07) is 4.54. The van der Waals surface area contributed by atoms with Crippen molar-refractivity contribution in [3.8, 4) is 5.75 Å². The van der Waals surface area contributed by atoms with Gasteiger partial charge in [-0.2, -0.15) is 0 Å². The number of rotatable bonds is 4. The van der Waals surface area contributed by atoms with Crippen LogP contribution in [0.5, 0.6) is 5.75 Å². The molecule has 0 aliphatic rings. The van der Waals surface area contributed by atoms with E-state index in [9.17, 15) is 9.90 Å². The fourth-order valence-electron chi connectivity index (χ4n) is 2.26. The Hall–Kier alpha value is -1.71. The molecule has 1 aromatic carbocycles. The predicted molar refractivity (Wildman–Crippen MR) is 74.3 cm³/mol. The molecule has 4 heteroatoms. The number of nitrogens with one attached hydrogen (secondary N) is 1. The molecule has 1 amide bonds. The van der Waals surface area contributed by atoms with Crippen LogP contribution in [0.3, 0.4) is 0 Å². The summed E-state index contributed by atoms with van der Waals surface area (Å²) in [6.07, 6.45) is 0. The van der Waals surface area contributed by atoms with E-state index in [1.807, 2.05) is 27.7 Å². The summed E-state index contributed by atoms with van der Waals surface area (Å²) in [5.74, 6) is 0.539. The maximum absolute atomic E-state index is 12.2. The SMILES string of the molecule is CC(C)C(C(=O)Nc1ccc(O)cc1N)C(C)C. The lowest BCUT2D eigenvalue weighted by atomic mass is 9.85. The highest BCUT2D eigenvalue weighted by atomic mass is 16.3. The van der Waals surface area contributed by atoms with Gasteiger partial charge < -0.3 is 16.2 Å². The molecular formula is C14H22N2O2. The van der Waals surface area contributed by atoms with Crippen molar-refractivity contribution in [2.24, 2.45) is 17.8 Å². The van der Waals surface area contributed by atoms with E-state index in [4.69, 9.17) is 5.73 Å². The van der Waals surface area contributed by atoms with E-state index in [2.05, 4.69) is 5.32 Å². The van der Waals surface area contributed by atoms with Gasteiger partial charge in [-0.3, -0.25) is 4.79 Å². The second-order valence-corrected chi connectivity index (χ2v) is 5.27. The Kier molecular flexibility index (Phi) is 4.59. The van der Waals surface area contributed by atoms with Crippen LogP contribution in [-0.2, 0) is 4.79 Å². The van der Waals surface area contributed by atoms with Crippen molar-refractivity contribution in [1.29, 1.82) is 0 Å². The van der Waals surface area contributed by atoms with Crippen LogP contribution in [0.4, 0.5) is 11.4 Å². The number of hydrogen-bond donors (Lipinski definition) is 3. The van der Waals surface area contributed by atoms with Crippen LogP contribution in [0.2, 0.25) is 0 Å². The Labute approximate surface area is 108 Å². The largest absolute Gasteiger partial charge is 0.508 e. The molecule has 0 radical (unpaired) electrons. The van der Waals surface area contributed by atoms with Gasteiger partial charge in [-0.25, -0.2) is 0 Å². The number of amides is 1. The number of phenols is 1. The molecule has 0 aromatic heterocycles. The Bertz CT molecular complexity index is 420. The number of aromatic hydroxyl groups is 1. The van der Waals surface area contributed by atoms with Crippen LogP contribution in [0.25, 0.3) is 0 Å². The van der Waals surface area contributed by atoms with Crippen molar-refractivity contribution >= 4 is 17.3 Å². The highest BCUT2D eigenvalue weighted by Crippen LogP contribution is 2.26. The molecule has 1 aromatic rings. The molecule has 4 N–H and O–H groups in total. The van der Waals surface area contributed by atoms with Crippen molar-refractivity contribution in [2.75, 3.05) is 11.1 Å². The van der Waals surface area contributed by atoms with Gasteiger partial charge in [0.15, 0.2) is 0 Å². The number of carbonyl (C=O) groups is 1. The second kappa shape index (κ2) is 5.76. The number of benzene rings is 1. The Morgan fingerprint density at radius 2 is 1.78 bits per heavy atom. The molecule has 0 spiro atoms. The fourth-order valence-corrected chi connectivity index (χ4v) is 2.26. The minimum absolute atomic E-state index is 0.0302. The summed E-state index contributed by atoms with van der Waals surface area (Å²) >= 11 is 0. The van der Waals surface area contributed by atoms with Crippen molar-refractivity contribution in [3.05, 3.63) is 18.2 Å². The molecule has 0 saturated carbocycles. The third-order valence-electron chi connectivity index (χ3n) is 3.03. The lowest BCUT2D eigenvalue weighted by molar-refractivity contribution is -0.122. The molecule has 0 aliphatic carbocycles. The second-order valence-electron chi connectivity index (χ2n) is 5.27. The molecule has 0 heterocycles. The zero-order valence-corrected chi connectivity index (χ0v) is 11.4. The van der Waals surface area contributed by atoms with Gasteiger partial charge in [-0.15, -0.1) is 0 Å². The maximum Gasteiger partial charge on any atom is 0.228 e. The lowest BCUT2D eigenvalue weighted by Crippen LogP contribution is -2.31. The van der Waals surface area contributed by atoms with E-state index in [1.54, 1.807) is 6.07 Å². The molecule has 0 bridgehead atoms. The van der Waals surface area contributed by atoms with Gasteiger partial charge in [0, 0.05) is 12.0 Å². The van der Waals surface area contributed by atoms with Crippen LogP contribution in [0.15, 0.2) is 18.2 Å². The molecule has 4 nitrogen and oxygen atoms in total.